The maximum Gasteiger partial charge on any atom is 0.304 e. The fourth-order valence-electron chi connectivity index (χ4n) is 1.48. The van der Waals surface area contributed by atoms with Crippen molar-refractivity contribution in [2.75, 3.05) is 6.54 Å². The predicted octanol–water partition coefficient (Wildman–Crippen LogP) is -1.67. The molecular weight excluding hydrogens is 266 g/mol. The lowest BCUT2D eigenvalue weighted by Gasteiger charge is -2.18. The Labute approximate surface area is 116 Å². The highest BCUT2D eigenvalue weighted by Gasteiger charge is 2.22. The Kier molecular flexibility index (Phi) is 7.71. The van der Waals surface area contributed by atoms with E-state index < -0.39 is 29.7 Å². The summed E-state index contributed by atoms with van der Waals surface area (Å²) in [5, 5.41) is 20.5. The molecule has 0 radical (unpaired) electrons. The number of carbonyl (C=O) groups excluding carboxylic acids is 2. The van der Waals surface area contributed by atoms with E-state index in [1.165, 1.54) is 6.92 Å². The second-order valence-electron chi connectivity index (χ2n) is 4.45. The maximum atomic E-state index is 11.7. The van der Waals surface area contributed by atoms with E-state index in [9.17, 15) is 14.4 Å². The summed E-state index contributed by atoms with van der Waals surface area (Å²) in [7, 11) is 0. The first-order chi connectivity index (χ1) is 9.23. The third-order valence-electron chi connectivity index (χ3n) is 2.57. The molecule has 0 aliphatic carbocycles. The zero-order valence-electron chi connectivity index (χ0n) is 11.3. The lowest BCUT2D eigenvalue weighted by Crippen LogP contribution is -2.46. The highest BCUT2D eigenvalue weighted by Crippen LogP contribution is 2.04. The van der Waals surface area contributed by atoms with Crippen molar-refractivity contribution in [3.8, 4) is 0 Å². The number of carboxylic acids is 1. The van der Waals surface area contributed by atoms with Gasteiger partial charge in [-0.05, 0) is 12.8 Å². The maximum absolute atomic E-state index is 11.7. The number of nitrogens with one attached hydrogen (secondary N) is 3. The predicted molar refractivity (Wildman–Crippen MR) is 71.7 cm³/mol. The number of carbonyl (C=O) groups is 3. The summed E-state index contributed by atoms with van der Waals surface area (Å²) in [6.07, 6.45) is 0.436. The summed E-state index contributed by atoms with van der Waals surface area (Å²) in [5.74, 6) is -3.24. The first kappa shape index (κ1) is 17.7. The van der Waals surface area contributed by atoms with E-state index >= 15 is 0 Å². The first-order valence-corrected chi connectivity index (χ1v) is 6.13. The van der Waals surface area contributed by atoms with Crippen LogP contribution in [-0.2, 0) is 14.4 Å². The van der Waals surface area contributed by atoms with Crippen molar-refractivity contribution in [2.45, 2.75) is 32.2 Å². The Hall–Kier alpha value is -2.32. The van der Waals surface area contributed by atoms with Gasteiger partial charge in [-0.2, -0.15) is 0 Å². The smallest absolute Gasteiger partial charge is 0.304 e. The van der Waals surface area contributed by atoms with E-state index in [-0.39, 0.29) is 18.8 Å². The highest BCUT2D eigenvalue weighted by molar-refractivity contribution is 5.88. The molecule has 0 saturated heterocycles. The number of carboxylic acid groups (broad SMARTS) is 1. The van der Waals surface area contributed by atoms with Crippen molar-refractivity contribution in [3.63, 3.8) is 0 Å². The van der Waals surface area contributed by atoms with Gasteiger partial charge in [0.1, 0.15) is 6.04 Å². The molecule has 0 aromatic heterocycles. The topological polar surface area (TPSA) is 171 Å². The van der Waals surface area contributed by atoms with E-state index in [2.05, 4.69) is 10.6 Å². The lowest BCUT2D eigenvalue weighted by molar-refractivity contribution is -0.141. The average Bonchev–Trinajstić information content (AvgIpc) is 2.31. The molecule has 2 amide bonds. The SMILES string of the molecule is C[C@@H](CC(=O)O)C(=O)N[C@@H](CCCNC(=N)N)C(N)=O. The molecule has 0 bridgehead atoms. The largest absolute Gasteiger partial charge is 0.481 e. The summed E-state index contributed by atoms with van der Waals surface area (Å²) in [6, 6.07) is -0.868. The summed E-state index contributed by atoms with van der Waals surface area (Å²) in [6.45, 7) is 1.83. The van der Waals surface area contributed by atoms with Crippen LogP contribution in [0.5, 0.6) is 0 Å². The van der Waals surface area contributed by atoms with Crippen molar-refractivity contribution >= 4 is 23.7 Å². The highest BCUT2D eigenvalue weighted by atomic mass is 16.4. The van der Waals surface area contributed by atoms with Crippen LogP contribution in [0.3, 0.4) is 0 Å². The minimum absolute atomic E-state index is 0.181. The zero-order valence-corrected chi connectivity index (χ0v) is 11.3. The molecule has 9 heteroatoms. The third-order valence-corrected chi connectivity index (χ3v) is 2.57. The Morgan fingerprint density at radius 1 is 1.30 bits per heavy atom. The van der Waals surface area contributed by atoms with Gasteiger partial charge in [0.15, 0.2) is 5.96 Å². The fraction of sp³-hybridized carbons (Fsp3) is 0.636. The van der Waals surface area contributed by atoms with Gasteiger partial charge < -0.3 is 27.2 Å². The van der Waals surface area contributed by atoms with E-state index in [1.54, 1.807) is 0 Å². The monoisotopic (exact) mass is 287 g/mol. The van der Waals surface area contributed by atoms with Gasteiger partial charge in [0.25, 0.3) is 0 Å². The van der Waals surface area contributed by atoms with Crippen LogP contribution in [0.25, 0.3) is 0 Å². The standard InChI is InChI=1S/C11H21N5O4/c1-6(5-8(17)18)10(20)16-7(9(12)19)3-2-4-15-11(13)14/h6-7H,2-5H2,1H3,(H2,12,19)(H,16,20)(H,17,18)(H4,13,14,15)/t6-,7-/m0/s1. The molecule has 0 spiro atoms. The molecule has 0 aromatic carbocycles. The molecule has 0 aromatic rings. The number of aliphatic carboxylic acids is 1. The summed E-state index contributed by atoms with van der Waals surface area (Å²) >= 11 is 0. The van der Waals surface area contributed by atoms with Gasteiger partial charge in [-0.25, -0.2) is 0 Å². The van der Waals surface area contributed by atoms with Crippen molar-refractivity contribution in [2.24, 2.45) is 17.4 Å². The van der Waals surface area contributed by atoms with Crippen molar-refractivity contribution in [3.05, 3.63) is 0 Å². The van der Waals surface area contributed by atoms with Crippen LogP contribution in [0.4, 0.5) is 0 Å². The van der Waals surface area contributed by atoms with Gasteiger partial charge >= 0.3 is 5.97 Å². The van der Waals surface area contributed by atoms with E-state index in [1.807, 2.05) is 0 Å². The summed E-state index contributed by atoms with van der Waals surface area (Å²) < 4.78 is 0. The number of hydrogen-bond donors (Lipinski definition) is 6. The molecule has 8 N–H and O–H groups in total. The quantitative estimate of drug-likeness (QED) is 0.168. The van der Waals surface area contributed by atoms with Crippen LogP contribution in [0.2, 0.25) is 0 Å². The van der Waals surface area contributed by atoms with Gasteiger partial charge in [0, 0.05) is 12.5 Å². The van der Waals surface area contributed by atoms with Crippen LogP contribution >= 0.6 is 0 Å². The van der Waals surface area contributed by atoms with Gasteiger partial charge in [-0.15, -0.1) is 0 Å². The van der Waals surface area contributed by atoms with Gasteiger partial charge in [0.2, 0.25) is 11.8 Å². The molecular formula is C11H21N5O4. The van der Waals surface area contributed by atoms with E-state index in [4.69, 9.17) is 22.0 Å². The first-order valence-electron chi connectivity index (χ1n) is 6.13. The molecule has 2 atom stereocenters. The average molecular weight is 287 g/mol. The Bertz CT molecular complexity index is 385. The van der Waals surface area contributed by atoms with Crippen LogP contribution in [0, 0.1) is 11.3 Å². The molecule has 0 rings (SSSR count). The van der Waals surface area contributed by atoms with Crippen LogP contribution < -0.4 is 22.1 Å². The molecule has 0 unspecified atom stereocenters. The van der Waals surface area contributed by atoms with Gasteiger partial charge in [-0.3, -0.25) is 19.8 Å². The minimum atomic E-state index is -1.09. The molecule has 114 valence electrons. The Morgan fingerprint density at radius 3 is 2.35 bits per heavy atom. The number of primary amides is 1. The Balaban J connectivity index is 4.26. The number of hydrogen-bond acceptors (Lipinski definition) is 4. The second-order valence-corrected chi connectivity index (χ2v) is 4.45. The molecule has 0 saturated carbocycles. The normalized spacial score (nSPS) is 13.1. The molecule has 0 aliphatic heterocycles. The minimum Gasteiger partial charge on any atom is -0.481 e. The number of nitrogens with two attached hydrogens (primary N) is 2. The van der Waals surface area contributed by atoms with Crippen LogP contribution in [-0.4, -0.2) is 41.4 Å². The van der Waals surface area contributed by atoms with E-state index in [0.29, 0.717) is 13.0 Å². The summed E-state index contributed by atoms with van der Waals surface area (Å²) in [4.78, 5) is 33.4. The molecule has 0 fully saturated rings. The van der Waals surface area contributed by atoms with Crippen LogP contribution in [0.15, 0.2) is 0 Å². The zero-order chi connectivity index (χ0) is 15.7. The number of rotatable bonds is 9. The Morgan fingerprint density at radius 2 is 1.90 bits per heavy atom. The summed E-state index contributed by atoms with van der Waals surface area (Å²) in [5.41, 5.74) is 10.3. The molecule has 9 nitrogen and oxygen atoms in total. The molecule has 0 aliphatic rings. The van der Waals surface area contributed by atoms with Gasteiger partial charge in [0.05, 0.1) is 6.42 Å². The van der Waals surface area contributed by atoms with Crippen molar-refractivity contribution < 1.29 is 19.5 Å². The third kappa shape index (κ3) is 7.90. The molecule has 20 heavy (non-hydrogen) atoms. The number of guanidine groups is 1. The van der Waals surface area contributed by atoms with E-state index in [0.717, 1.165) is 0 Å². The number of amides is 2. The second kappa shape index (κ2) is 8.73. The lowest BCUT2D eigenvalue weighted by atomic mass is 10.1. The van der Waals surface area contributed by atoms with Crippen LogP contribution in [0.1, 0.15) is 26.2 Å². The molecule has 0 heterocycles. The van der Waals surface area contributed by atoms with Gasteiger partial charge in [-0.1, -0.05) is 6.92 Å². The van der Waals surface area contributed by atoms with Crippen molar-refractivity contribution in [1.29, 1.82) is 5.41 Å². The van der Waals surface area contributed by atoms with Crippen molar-refractivity contribution in [1.82, 2.24) is 10.6 Å². The fourth-order valence-corrected chi connectivity index (χ4v) is 1.48.